The first-order valence-corrected chi connectivity index (χ1v) is 9.60. The van der Waals surface area contributed by atoms with Gasteiger partial charge in [0.25, 0.3) is 0 Å². The second kappa shape index (κ2) is 8.47. The Morgan fingerprint density at radius 3 is 2.42 bits per heavy atom. The topological polar surface area (TPSA) is 9.72 Å². The maximum atomic E-state index is 4.53. The quantitative estimate of drug-likeness (QED) is 0.552. The van der Waals surface area contributed by atoms with E-state index < -0.39 is 0 Å². The Bertz CT molecular complexity index is 273. The van der Waals surface area contributed by atoms with E-state index in [1.165, 1.54) is 45.1 Å². The summed E-state index contributed by atoms with van der Waals surface area (Å²) in [5.41, 5.74) is 0.277. The largest absolute Gasteiger partial charge is 0.453 e. The molecule has 0 aromatic heterocycles. The fourth-order valence-corrected chi connectivity index (χ4v) is 4.08. The summed E-state index contributed by atoms with van der Waals surface area (Å²) in [6.45, 7) is 13.9. The zero-order chi connectivity index (χ0) is 13.2. The van der Waals surface area contributed by atoms with Crippen LogP contribution in [0.1, 0.15) is 19.8 Å². The standard InChI is InChI=1S/C13H27N3P2.Y/c1-12-10-16(18-17)9-8-15(12)11-13(2)4-6-14(3)7-5-13;/h18H,2,4-11,17H2,1,3H3;/q-2;. The van der Waals surface area contributed by atoms with Gasteiger partial charge in [-0.3, -0.25) is 0 Å². The molecule has 109 valence electrons. The first-order valence-electron chi connectivity index (χ1n) is 6.85. The monoisotopic (exact) mass is 376 g/mol. The average molecular weight is 376 g/mol. The first-order chi connectivity index (χ1) is 8.52. The third-order valence-corrected chi connectivity index (χ3v) is 6.20. The van der Waals surface area contributed by atoms with Gasteiger partial charge in [0.15, 0.2) is 0 Å². The molecule has 0 aromatic rings. The van der Waals surface area contributed by atoms with E-state index in [-0.39, 0.29) is 38.1 Å². The molecule has 1 radical (unpaired) electrons. The summed E-state index contributed by atoms with van der Waals surface area (Å²) in [7, 11) is 5.93. The number of hydrogen-bond acceptors (Lipinski definition) is 3. The van der Waals surface area contributed by atoms with Crippen molar-refractivity contribution in [1.29, 1.82) is 0 Å². The van der Waals surface area contributed by atoms with Crippen LogP contribution in [0.2, 0.25) is 0 Å². The van der Waals surface area contributed by atoms with Crippen LogP contribution in [-0.2, 0) is 32.7 Å². The predicted octanol–water partition coefficient (Wildman–Crippen LogP) is 2.08. The smallest absolute Gasteiger partial charge is 0.00972 e. The molecule has 2 atom stereocenters. The molecule has 3 nitrogen and oxygen atoms in total. The number of likely N-dealkylation sites (tertiary alicyclic amines) is 1. The van der Waals surface area contributed by atoms with Gasteiger partial charge in [-0.25, -0.2) is 6.04 Å². The molecular formula is C13H27N3P2Y-2. The Morgan fingerprint density at radius 1 is 1.26 bits per heavy atom. The van der Waals surface area contributed by atoms with Gasteiger partial charge in [-0.2, -0.15) is 6.92 Å². The number of piperidine rings is 1. The average Bonchev–Trinajstić information content (AvgIpc) is 2.36. The van der Waals surface area contributed by atoms with Gasteiger partial charge in [0, 0.05) is 39.3 Å². The van der Waals surface area contributed by atoms with Gasteiger partial charge in [0.1, 0.15) is 0 Å². The van der Waals surface area contributed by atoms with Crippen LogP contribution < -0.4 is 0 Å². The van der Waals surface area contributed by atoms with Crippen molar-refractivity contribution >= 4 is 17.3 Å². The molecule has 0 bridgehead atoms. The van der Waals surface area contributed by atoms with Crippen molar-refractivity contribution in [2.24, 2.45) is 5.41 Å². The van der Waals surface area contributed by atoms with E-state index in [1.54, 1.807) is 0 Å². The van der Waals surface area contributed by atoms with Gasteiger partial charge in [-0.15, -0.1) is 12.0 Å². The Morgan fingerprint density at radius 2 is 1.89 bits per heavy atom. The fourth-order valence-electron chi connectivity index (χ4n) is 2.87. The van der Waals surface area contributed by atoms with Crippen molar-refractivity contribution in [3.05, 3.63) is 13.0 Å². The minimum atomic E-state index is 0. The van der Waals surface area contributed by atoms with E-state index in [2.05, 4.69) is 44.3 Å². The normalized spacial score (nSPS) is 27.8. The fraction of sp³-hybridized carbons (Fsp3) is 0.846. The summed E-state index contributed by atoms with van der Waals surface area (Å²) in [4.78, 5) is 5.01. The van der Waals surface area contributed by atoms with Gasteiger partial charge in [-0.1, -0.05) is 28.3 Å². The first kappa shape index (κ1) is 18.9. The van der Waals surface area contributed by atoms with Gasteiger partial charge in [-0.05, 0) is 35.1 Å². The van der Waals surface area contributed by atoms with Crippen LogP contribution in [0.3, 0.4) is 0 Å². The number of nitrogens with zero attached hydrogens (tertiary/aromatic N) is 3. The summed E-state index contributed by atoms with van der Waals surface area (Å²) in [6.07, 6.45) is 2.48. The van der Waals surface area contributed by atoms with Crippen LogP contribution in [0.25, 0.3) is 0 Å². The SMILES string of the molecule is [CH2-]C1(CN2CCN(PP)C[C-]2C)CCN(C)CC1.[Y]. The van der Waals surface area contributed by atoms with Crippen molar-refractivity contribution < 1.29 is 32.7 Å². The number of hydrogen-bond donors (Lipinski definition) is 0. The second-order valence-corrected chi connectivity index (χ2v) is 7.68. The van der Waals surface area contributed by atoms with Crippen LogP contribution in [-0.4, -0.2) is 60.8 Å². The van der Waals surface area contributed by atoms with Crippen LogP contribution in [0.15, 0.2) is 0 Å². The molecule has 2 aliphatic rings. The Labute approximate surface area is 148 Å². The molecule has 0 aromatic carbocycles. The zero-order valence-electron chi connectivity index (χ0n) is 12.4. The van der Waals surface area contributed by atoms with E-state index in [0.717, 1.165) is 21.5 Å². The van der Waals surface area contributed by atoms with E-state index >= 15 is 0 Å². The molecule has 2 saturated heterocycles. The van der Waals surface area contributed by atoms with Crippen LogP contribution in [0.5, 0.6) is 0 Å². The predicted molar refractivity (Wildman–Crippen MR) is 84.6 cm³/mol. The molecule has 0 aliphatic carbocycles. The molecule has 2 fully saturated rings. The maximum absolute atomic E-state index is 4.53. The molecule has 2 unspecified atom stereocenters. The van der Waals surface area contributed by atoms with Crippen LogP contribution in [0, 0.1) is 18.4 Å². The molecule has 0 amide bonds. The minimum Gasteiger partial charge on any atom is -0.453 e. The Hall–Kier alpha value is 1.84. The van der Waals surface area contributed by atoms with Crippen LogP contribution in [0.4, 0.5) is 0 Å². The van der Waals surface area contributed by atoms with E-state index in [4.69, 9.17) is 0 Å². The van der Waals surface area contributed by atoms with Crippen molar-refractivity contribution in [3.8, 4) is 0 Å². The Kier molecular flexibility index (Phi) is 8.42. The molecule has 0 saturated carbocycles. The van der Waals surface area contributed by atoms with Crippen molar-refractivity contribution in [2.75, 3.05) is 46.3 Å². The maximum Gasteiger partial charge on any atom is 0.00972 e. The summed E-state index contributed by atoms with van der Waals surface area (Å²) in [5, 5.41) is 0. The van der Waals surface area contributed by atoms with Gasteiger partial charge >= 0.3 is 0 Å². The molecule has 2 heterocycles. The second-order valence-electron chi connectivity index (χ2n) is 6.01. The van der Waals surface area contributed by atoms with Crippen molar-refractivity contribution in [1.82, 2.24) is 14.5 Å². The van der Waals surface area contributed by atoms with E-state index in [1.807, 2.05) is 0 Å². The van der Waals surface area contributed by atoms with Gasteiger partial charge < -0.3 is 21.4 Å². The van der Waals surface area contributed by atoms with Crippen molar-refractivity contribution in [3.63, 3.8) is 0 Å². The van der Waals surface area contributed by atoms with E-state index in [9.17, 15) is 0 Å². The number of rotatable bonds is 3. The molecule has 0 N–H and O–H groups in total. The molecular weight excluding hydrogens is 349 g/mol. The number of piperazine rings is 1. The van der Waals surface area contributed by atoms with Crippen LogP contribution >= 0.6 is 17.3 Å². The molecule has 0 spiro atoms. The summed E-state index contributed by atoms with van der Waals surface area (Å²) >= 11 is 0. The molecule has 2 aliphatic heterocycles. The third kappa shape index (κ3) is 5.52. The minimum absolute atomic E-state index is 0. The molecule has 6 heteroatoms. The summed E-state index contributed by atoms with van der Waals surface area (Å²) in [5.74, 6) is 0. The van der Waals surface area contributed by atoms with Crippen molar-refractivity contribution in [2.45, 2.75) is 19.8 Å². The van der Waals surface area contributed by atoms with Gasteiger partial charge in [0.2, 0.25) is 0 Å². The molecule has 19 heavy (non-hydrogen) atoms. The Balaban J connectivity index is 0.00000180. The summed E-state index contributed by atoms with van der Waals surface area (Å²) < 4.78 is 2.51. The summed E-state index contributed by atoms with van der Waals surface area (Å²) in [6, 6.07) is 1.53. The zero-order valence-corrected chi connectivity index (χ0v) is 17.4. The van der Waals surface area contributed by atoms with E-state index in [0.29, 0.717) is 0 Å². The molecule has 2 rings (SSSR count). The van der Waals surface area contributed by atoms with Gasteiger partial charge in [0.05, 0.1) is 0 Å². The third-order valence-electron chi connectivity index (χ3n) is 4.36.